The molecule has 3 rings (SSSR count). The quantitative estimate of drug-likeness (QED) is 0.676. The Morgan fingerprint density at radius 3 is 2.52 bits per heavy atom. The molecule has 0 saturated heterocycles. The van der Waals surface area contributed by atoms with Gasteiger partial charge in [0.2, 0.25) is 0 Å². The number of methoxy groups -OCH3 is 1. The first kappa shape index (κ1) is 17.5. The van der Waals surface area contributed by atoms with Crippen LogP contribution < -0.4 is 10.1 Å². The Balaban J connectivity index is 1.90. The van der Waals surface area contributed by atoms with Crippen LogP contribution in [0.15, 0.2) is 59.3 Å². The van der Waals surface area contributed by atoms with Crippen LogP contribution in [0.5, 0.6) is 5.75 Å². The van der Waals surface area contributed by atoms with Crippen LogP contribution in [0.25, 0.3) is 0 Å². The molecule has 0 saturated carbocycles. The molecule has 1 unspecified atom stereocenters. The topological polar surface area (TPSA) is 38.3 Å². The van der Waals surface area contributed by atoms with Crippen LogP contribution in [0.1, 0.15) is 27.5 Å². The Bertz CT molecular complexity index is 866. The Morgan fingerprint density at radius 2 is 1.92 bits per heavy atom. The average Bonchev–Trinajstić information content (AvgIpc) is 3.14. The molecular formula is C19H15ClFNO2S. The van der Waals surface area contributed by atoms with Crippen molar-refractivity contribution in [2.75, 3.05) is 7.11 Å². The number of hydrogen-bond donors (Lipinski definition) is 1. The van der Waals surface area contributed by atoms with E-state index in [4.69, 9.17) is 16.3 Å². The van der Waals surface area contributed by atoms with Gasteiger partial charge in [0.25, 0.3) is 5.91 Å². The molecule has 0 aliphatic carbocycles. The van der Waals surface area contributed by atoms with Gasteiger partial charge in [0.1, 0.15) is 11.6 Å². The second-order valence-corrected chi connectivity index (χ2v) is 6.58. The van der Waals surface area contributed by atoms with Gasteiger partial charge in [-0.1, -0.05) is 23.7 Å². The fourth-order valence-electron chi connectivity index (χ4n) is 2.47. The van der Waals surface area contributed by atoms with E-state index < -0.39 is 17.8 Å². The summed E-state index contributed by atoms with van der Waals surface area (Å²) >= 11 is 7.47. The summed E-state index contributed by atoms with van der Waals surface area (Å²) in [5, 5.41) is 7.38. The number of benzene rings is 2. The number of carbonyl (C=O) groups excluding carboxylic acids is 1. The standard InChI is InChI=1S/C19H15ClFNO2S/c1-24-15-6-7-16(17(21)10-15)19(23)22-18(13-8-9-25-11-13)12-2-4-14(20)5-3-12/h2-11,18H,1H3,(H,22,23). The minimum absolute atomic E-state index is 0.0324. The van der Waals surface area contributed by atoms with Crippen LogP contribution in [-0.4, -0.2) is 13.0 Å². The maximum Gasteiger partial charge on any atom is 0.255 e. The van der Waals surface area contributed by atoms with Gasteiger partial charge in [-0.25, -0.2) is 4.39 Å². The molecule has 3 nitrogen and oxygen atoms in total. The van der Waals surface area contributed by atoms with E-state index >= 15 is 0 Å². The molecule has 0 aliphatic heterocycles. The third kappa shape index (κ3) is 4.00. The molecule has 0 fully saturated rings. The van der Waals surface area contributed by atoms with Crippen molar-refractivity contribution in [2.24, 2.45) is 0 Å². The third-order valence-corrected chi connectivity index (χ3v) is 4.73. The number of amides is 1. The van der Waals surface area contributed by atoms with Gasteiger partial charge >= 0.3 is 0 Å². The van der Waals surface area contributed by atoms with E-state index in [-0.39, 0.29) is 5.56 Å². The van der Waals surface area contributed by atoms with E-state index in [1.54, 1.807) is 18.2 Å². The predicted octanol–water partition coefficient (Wildman–Crippen LogP) is 5.07. The molecule has 0 bridgehead atoms. The van der Waals surface area contributed by atoms with Gasteiger partial charge in [-0.2, -0.15) is 11.3 Å². The second kappa shape index (κ2) is 7.68. The first-order valence-electron chi connectivity index (χ1n) is 7.50. The van der Waals surface area contributed by atoms with Gasteiger partial charge in [-0.05, 0) is 52.2 Å². The first-order chi connectivity index (χ1) is 12.1. The highest BCUT2D eigenvalue weighted by molar-refractivity contribution is 7.08. The molecule has 128 valence electrons. The predicted molar refractivity (Wildman–Crippen MR) is 98.0 cm³/mol. The summed E-state index contributed by atoms with van der Waals surface area (Å²) in [6.45, 7) is 0. The largest absolute Gasteiger partial charge is 0.497 e. The van der Waals surface area contributed by atoms with Crippen molar-refractivity contribution >= 4 is 28.8 Å². The summed E-state index contributed by atoms with van der Waals surface area (Å²) in [5.74, 6) is -0.760. The summed E-state index contributed by atoms with van der Waals surface area (Å²) in [6, 6.07) is 12.9. The Hall–Kier alpha value is -2.37. The molecule has 1 N–H and O–H groups in total. The van der Waals surface area contributed by atoms with Crippen molar-refractivity contribution in [1.29, 1.82) is 0 Å². The minimum Gasteiger partial charge on any atom is -0.497 e. The molecule has 1 atom stereocenters. The maximum atomic E-state index is 14.2. The van der Waals surface area contributed by atoms with Crippen molar-refractivity contribution in [3.63, 3.8) is 0 Å². The second-order valence-electron chi connectivity index (χ2n) is 5.36. The summed E-state index contributed by atoms with van der Waals surface area (Å²) in [5.41, 5.74) is 1.76. The van der Waals surface area contributed by atoms with Gasteiger partial charge in [-0.15, -0.1) is 0 Å². The van der Waals surface area contributed by atoms with Crippen molar-refractivity contribution in [3.05, 3.63) is 86.8 Å². The molecule has 1 heterocycles. The highest BCUT2D eigenvalue weighted by Crippen LogP contribution is 2.26. The molecule has 0 spiro atoms. The number of halogens is 2. The summed E-state index contributed by atoms with van der Waals surface area (Å²) in [4.78, 5) is 12.6. The summed E-state index contributed by atoms with van der Waals surface area (Å²) in [7, 11) is 1.45. The fraction of sp³-hybridized carbons (Fsp3) is 0.105. The van der Waals surface area contributed by atoms with E-state index in [0.717, 1.165) is 11.1 Å². The average molecular weight is 376 g/mol. The highest BCUT2D eigenvalue weighted by atomic mass is 35.5. The molecule has 2 aromatic carbocycles. The Kier molecular flexibility index (Phi) is 5.36. The van der Waals surface area contributed by atoms with Crippen LogP contribution in [0, 0.1) is 5.82 Å². The SMILES string of the molecule is COc1ccc(C(=O)NC(c2ccc(Cl)cc2)c2ccsc2)c(F)c1. The van der Waals surface area contributed by atoms with Crippen LogP contribution in [0.4, 0.5) is 4.39 Å². The van der Waals surface area contributed by atoms with E-state index in [9.17, 15) is 9.18 Å². The van der Waals surface area contributed by atoms with Crippen molar-refractivity contribution in [1.82, 2.24) is 5.32 Å². The normalized spacial score (nSPS) is 11.8. The van der Waals surface area contributed by atoms with E-state index in [0.29, 0.717) is 10.8 Å². The Labute approximate surface area is 154 Å². The maximum absolute atomic E-state index is 14.2. The first-order valence-corrected chi connectivity index (χ1v) is 8.82. The number of carbonyl (C=O) groups is 1. The fourth-order valence-corrected chi connectivity index (χ4v) is 3.28. The lowest BCUT2D eigenvalue weighted by Gasteiger charge is -2.19. The van der Waals surface area contributed by atoms with Gasteiger partial charge in [0, 0.05) is 11.1 Å². The molecule has 0 radical (unpaired) electrons. The Morgan fingerprint density at radius 1 is 1.16 bits per heavy atom. The monoisotopic (exact) mass is 375 g/mol. The van der Waals surface area contributed by atoms with Gasteiger partial charge in [-0.3, -0.25) is 4.79 Å². The molecular weight excluding hydrogens is 361 g/mol. The van der Waals surface area contributed by atoms with Gasteiger partial charge < -0.3 is 10.1 Å². The lowest BCUT2D eigenvalue weighted by molar-refractivity contribution is 0.0939. The van der Waals surface area contributed by atoms with Gasteiger partial charge in [0.15, 0.2) is 0 Å². The lowest BCUT2D eigenvalue weighted by atomic mass is 10.0. The smallest absolute Gasteiger partial charge is 0.255 e. The minimum atomic E-state index is -0.628. The van der Waals surface area contributed by atoms with Crippen molar-refractivity contribution < 1.29 is 13.9 Å². The van der Waals surface area contributed by atoms with Crippen LogP contribution in [-0.2, 0) is 0 Å². The summed E-state index contributed by atoms with van der Waals surface area (Å²) < 4.78 is 19.1. The number of thiophene rings is 1. The number of rotatable bonds is 5. The molecule has 25 heavy (non-hydrogen) atoms. The zero-order valence-electron chi connectivity index (χ0n) is 13.3. The molecule has 1 amide bonds. The molecule has 0 aliphatic rings. The summed E-state index contributed by atoms with van der Waals surface area (Å²) in [6.07, 6.45) is 0. The van der Waals surface area contributed by atoms with E-state index in [1.165, 1.54) is 30.6 Å². The highest BCUT2D eigenvalue weighted by Gasteiger charge is 2.20. The number of nitrogens with one attached hydrogen (secondary N) is 1. The van der Waals surface area contributed by atoms with E-state index in [2.05, 4.69) is 5.32 Å². The van der Waals surface area contributed by atoms with Crippen LogP contribution >= 0.6 is 22.9 Å². The zero-order chi connectivity index (χ0) is 17.8. The number of hydrogen-bond acceptors (Lipinski definition) is 3. The zero-order valence-corrected chi connectivity index (χ0v) is 14.9. The third-order valence-electron chi connectivity index (χ3n) is 3.78. The lowest BCUT2D eigenvalue weighted by Crippen LogP contribution is -2.29. The molecule has 3 aromatic rings. The van der Waals surface area contributed by atoms with Crippen molar-refractivity contribution in [2.45, 2.75) is 6.04 Å². The molecule has 1 aromatic heterocycles. The van der Waals surface area contributed by atoms with Crippen LogP contribution in [0.3, 0.4) is 0 Å². The van der Waals surface area contributed by atoms with Crippen LogP contribution in [0.2, 0.25) is 5.02 Å². The molecule has 6 heteroatoms. The van der Waals surface area contributed by atoms with E-state index in [1.807, 2.05) is 29.0 Å². The van der Waals surface area contributed by atoms with Gasteiger partial charge in [0.05, 0.1) is 18.7 Å². The van der Waals surface area contributed by atoms with Crippen molar-refractivity contribution in [3.8, 4) is 5.75 Å². The number of ether oxygens (including phenoxy) is 1.